The van der Waals surface area contributed by atoms with Gasteiger partial charge in [0, 0.05) is 26.2 Å². The molecular formula is C19H28N2. The SMILES string of the molecule is C=C/C=C\C(=C/C)C(C1=CCCC=C1)N1CCN(C)CC1. The molecule has 0 spiro atoms. The van der Waals surface area contributed by atoms with Crippen LogP contribution in [0.1, 0.15) is 19.8 Å². The van der Waals surface area contributed by atoms with Gasteiger partial charge in [0.05, 0.1) is 6.04 Å². The van der Waals surface area contributed by atoms with Gasteiger partial charge in [-0.15, -0.1) is 0 Å². The quantitative estimate of drug-likeness (QED) is 0.712. The van der Waals surface area contributed by atoms with Crippen LogP contribution in [0.2, 0.25) is 0 Å². The Balaban J connectivity index is 2.25. The van der Waals surface area contributed by atoms with E-state index >= 15 is 0 Å². The highest BCUT2D eigenvalue weighted by Gasteiger charge is 2.26. The molecule has 1 aliphatic carbocycles. The van der Waals surface area contributed by atoms with Gasteiger partial charge in [0.2, 0.25) is 0 Å². The van der Waals surface area contributed by atoms with Crippen molar-refractivity contribution in [1.29, 1.82) is 0 Å². The van der Waals surface area contributed by atoms with Gasteiger partial charge in [-0.1, -0.05) is 49.1 Å². The lowest BCUT2D eigenvalue weighted by molar-refractivity contribution is 0.140. The van der Waals surface area contributed by atoms with Crippen LogP contribution in [-0.4, -0.2) is 49.1 Å². The zero-order valence-electron chi connectivity index (χ0n) is 13.5. The summed E-state index contributed by atoms with van der Waals surface area (Å²) in [6.45, 7) is 10.5. The number of rotatable bonds is 5. The average Bonchev–Trinajstić information content (AvgIpc) is 2.53. The molecule has 1 unspecified atom stereocenters. The summed E-state index contributed by atoms with van der Waals surface area (Å²) >= 11 is 0. The van der Waals surface area contributed by atoms with Crippen LogP contribution in [0.25, 0.3) is 0 Å². The molecule has 1 aliphatic heterocycles. The van der Waals surface area contributed by atoms with Crippen LogP contribution >= 0.6 is 0 Å². The van der Waals surface area contributed by atoms with E-state index in [1.54, 1.807) is 0 Å². The summed E-state index contributed by atoms with van der Waals surface area (Å²) in [4.78, 5) is 5.03. The molecule has 1 heterocycles. The molecule has 1 saturated heterocycles. The van der Waals surface area contributed by atoms with Gasteiger partial charge in [-0.05, 0) is 38.0 Å². The molecular weight excluding hydrogens is 256 g/mol. The molecule has 1 atom stereocenters. The summed E-state index contributed by atoms with van der Waals surface area (Å²) in [6.07, 6.45) is 17.7. The van der Waals surface area contributed by atoms with Crippen LogP contribution in [0.3, 0.4) is 0 Å². The second-order valence-corrected chi connectivity index (χ2v) is 5.81. The molecule has 114 valence electrons. The lowest BCUT2D eigenvalue weighted by Crippen LogP contribution is -2.50. The predicted octanol–water partition coefficient (Wildman–Crippen LogP) is 3.57. The van der Waals surface area contributed by atoms with Crippen molar-refractivity contribution in [2.75, 3.05) is 33.2 Å². The molecule has 0 saturated carbocycles. The van der Waals surface area contributed by atoms with Crippen molar-refractivity contribution in [3.63, 3.8) is 0 Å². The van der Waals surface area contributed by atoms with E-state index in [0.29, 0.717) is 6.04 Å². The normalized spacial score (nSPS) is 23.3. The van der Waals surface area contributed by atoms with Crippen LogP contribution in [0.4, 0.5) is 0 Å². The lowest BCUT2D eigenvalue weighted by atomic mass is 9.91. The molecule has 0 aromatic heterocycles. The first-order valence-electron chi connectivity index (χ1n) is 8.00. The van der Waals surface area contributed by atoms with Crippen LogP contribution in [-0.2, 0) is 0 Å². The Kier molecular flexibility index (Phi) is 6.21. The number of hydrogen-bond acceptors (Lipinski definition) is 2. The lowest BCUT2D eigenvalue weighted by Gasteiger charge is -2.39. The third kappa shape index (κ3) is 4.29. The summed E-state index contributed by atoms with van der Waals surface area (Å²) in [6, 6.07) is 0.386. The number of hydrogen-bond donors (Lipinski definition) is 0. The first-order chi connectivity index (χ1) is 10.3. The van der Waals surface area contributed by atoms with Crippen molar-refractivity contribution in [2.45, 2.75) is 25.8 Å². The molecule has 0 amide bonds. The maximum atomic E-state index is 3.80. The monoisotopic (exact) mass is 284 g/mol. The molecule has 2 aliphatic rings. The molecule has 21 heavy (non-hydrogen) atoms. The zero-order chi connectivity index (χ0) is 15.1. The van der Waals surface area contributed by atoms with Crippen LogP contribution < -0.4 is 0 Å². The Labute approximate surface area is 129 Å². The van der Waals surface area contributed by atoms with Gasteiger partial charge < -0.3 is 4.90 Å². The van der Waals surface area contributed by atoms with Crippen molar-refractivity contribution in [2.24, 2.45) is 0 Å². The van der Waals surface area contributed by atoms with Gasteiger partial charge in [0.1, 0.15) is 0 Å². The van der Waals surface area contributed by atoms with Crippen LogP contribution in [0.5, 0.6) is 0 Å². The van der Waals surface area contributed by atoms with Gasteiger partial charge in [0.15, 0.2) is 0 Å². The topological polar surface area (TPSA) is 6.48 Å². The highest BCUT2D eigenvalue weighted by atomic mass is 15.3. The Morgan fingerprint density at radius 2 is 2.00 bits per heavy atom. The van der Waals surface area contributed by atoms with Gasteiger partial charge in [-0.2, -0.15) is 0 Å². The highest BCUT2D eigenvalue weighted by molar-refractivity contribution is 5.41. The van der Waals surface area contributed by atoms with E-state index in [9.17, 15) is 0 Å². The minimum Gasteiger partial charge on any atom is -0.304 e. The molecule has 2 nitrogen and oxygen atoms in total. The van der Waals surface area contributed by atoms with Crippen molar-refractivity contribution in [3.05, 3.63) is 60.3 Å². The van der Waals surface area contributed by atoms with Gasteiger partial charge in [-0.3, -0.25) is 4.90 Å². The Morgan fingerprint density at radius 1 is 1.24 bits per heavy atom. The Morgan fingerprint density at radius 3 is 2.57 bits per heavy atom. The summed E-state index contributed by atoms with van der Waals surface area (Å²) in [5, 5.41) is 0. The zero-order valence-corrected chi connectivity index (χ0v) is 13.5. The molecule has 0 aromatic carbocycles. The smallest absolute Gasteiger partial charge is 0.0596 e. The summed E-state index contributed by atoms with van der Waals surface area (Å²) in [7, 11) is 2.21. The largest absolute Gasteiger partial charge is 0.304 e. The predicted molar refractivity (Wildman–Crippen MR) is 92.4 cm³/mol. The molecule has 0 radical (unpaired) electrons. The Hall–Kier alpha value is -1.38. The minimum absolute atomic E-state index is 0.386. The van der Waals surface area contributed by atoms with Crippen molar-refractivity contribution in [1.82, 2.24) is 9.80 Å². The number of likely N-dealkylation sites (N-methyl/N-ethyl adjacent to an activating group) is 1. The molecule has 1 fully saturated rings. The maximum absolute atomic E-state index is 3.80. The number of allylic oxidation sites excluding steroid dienone is 5. The fraction of sp³-hybridized carbons (Fsp3) is 0.474. The summed E-state index contributed by atoms with van der Waals surface area (Å²) in [5.41, 5.74) is 2.82. The highest BCUT2D eigenvalue weighted by Crippen LogP contribution is 2.26. The van der Waals surface area contributed by atoms with Crippen LogP contribution in [0, 0.1) is 0 Å². The molecule has 2 heteroatoms. The molecule has 0 N–H and O–H groups in total. The van der Waals surface area contributed by atoms with E-state index in [1.807, 2.05) is 12.2 Å². The van der Waals surface area contributed by atoms with Crippen molar-refractivity contribution >= 4 is 0 Å². The van der Waals surface area contributed by atoms with Crippen molar-refractivity contribution in [3.8, 4) is 0 Å². The van der Waals surface area contributed by atoms with Gasteiger partial charge >= 0.3 is 0 Å². The molecule has 2 rings (SSSR count). The van der Waals surface area contributed by atoms with E-state index in [-0.39, 0.29) is 0 Å². The second kappa shape index (κ2) is 8.16. The van der Waals surface area contributed by atoms with Crippen LogP contribution in [0.15, 0.2) is 60.3 Å². The maximum Gasteiger partial charge on any atom is 0.0596 e. The third-order valence-electron chi connectivity index (χ3n) is 4.32. The summed E-state index contributed by atoms with van der Waals surface area (Å²) in [5.74, 6) is 0. The third-order valence-corrected chi connectivity index (χ3v) is 4.32. The molecule has 0 aromatic rings. The van der Waals surface area contributed by atoms with E-state index in [2.05, 4.69) is 60.7 Å². The van der Waals surface area contributed by atoms with E-state index < -0.39 is 0 Å². The van der Waals surface area contributed by atoms with Gasteiger partial charge in [-0.25, -0.2) is 0 Å². The number of piperazine rings is 1. The Bertz CT molecular complexity index is 460. The minimum atomic E-state index is 0.386. The molecule has 0 bridgehead atoms. The first kappa shape index (κ1) is 16.0. The first-order valence-corrected chi connectivity index (χ1v) is 8.00. The average molecular weight is 284 g/mol. The van der Waals surface area contributed by atoms with Crippen molar-refractivity contribution < 1.29 is 0 Å². The standard InChI is InChI=1S/C19H28N2/c1-4-6-10-17(5-2)19(18-11-8-7-9-12-18)21-15-13-20(3)14-16-21/h4-6,8,10-12,19H,1,7,9,13-16H2,2-3H3/b10-6-,17-5+. The fourth-order valence-corrected chi connectivity index (χ4v) is 3.06. The number of nitrogens with zero attached hydrogens (tertiary/aromatic N) is 2. The van der Waals surface area contributed by atoms with E-state index in [0.717, 1.165) is 32.6 Å². The summed E-state index contributed by atoms with van der Waals surface area (Å²) < 4.78 is 0. The fourth-order valence-electron chi connectivity index (χ4n) is 3.06. The van der Waals surface area contributed by atoms with E-state index in [4.69, 9.17) is 0 Å². The second-order valence-electron chi connectivity index (χ2n) is 5.81. The van der Waals surface area contributed by atoms with E-state index in [1.165, 1.54) is 17.6 Å². The van der Waals surface area contributed by atoms with Gasteiger partial charge in [0.25, 0.3) is 0 Å².